The average Bonchev–Trinajstić information content (AvgIpc) is 2.44. The maximum atomic E-state index is 10.9. The van der Waals surface area contributed by atoms with E-state index in [0.29, 0.717) is 11.6 Å². The molecule has 7 heteroatoms. The monoisotopic (exact) mass is 350 g/mol. The molecule has 0 aliphatic heterocycles. The van der Waals surface area contributed by atoms with Crippen molar-refractivity contribution in [2.24, 2.45) is 0 Å². The SMILES string of the molecule is CNc1cc([N+](=O)[O-])cc(Nc2cc(C)c(Br)c(C)c2)n1. The van der Waals surface area contributed by atoms with Crippen molar-refractivity contribution in [1.29, 1.82) is 0 Å². The van der Waals surface area contributed by atoms with Crippen molar-refractivity contribution in [3.8, 4) is 0 Å². The van der Waals surface area contributed by atoms with Gasteiger partial charge in [0.1, 0.15) is 11.6 Å². The van der Waals surface area contributed by atoms with E-state index in [2.05, 4.69) is 31.5 Å². The fourth-order valence-electron chi connectivity index (χ4n) is 1.98. The smallest absolute Gasteiger partial charge is 0.276 e. The number of benzene rings is 1. The van der Waals surface area contributed by atoms with Crippen molar-refractivity contribution in [1.82, 2.24) is 4.98 Å². The van der Waals surface area contributed by atoms with Gasteiger partial charge in [0, 0.05) is 17.2 Å². The normalized spacial score (nSPS) is 10.3. The standard InChI is InChI=1S/C14H15BrN4O2/c1-8-4-10(5-9(2)14(8)15)17-13-7-11(19(20)21)6-12(16-3)18-13/h4-7H,1-3H3,(H2,16,17,18). The number of hydrogen-bond donors (Lipinski definition) is 2. The van der Waals surface area contributed by atoms with Crippen molar-refractivity contribution in [2.45, 2.75) is 13.8 Å². The first kappa shape index (κ1) is 15.2. The summed E-state index contributed by atoms with van der Waals surface area (Å²) in [5.74, 6) is 0.868. The van der Waals surface area contributed by atoms with Gasteiger partial charge in [-0.1, -0.05) is 15.9 Å². The minimum atomic E-state index is -0.439. The molecule has 110 valence electrons. The maximum absolute atomic E-state index is 10.9. The van der Waals surface area contributed by atoms with Gasteiger partial charge in [-0.3, -0.25) is 10.1 Å². The molecule has 2 aromatic rings. The topological polar surface area (TPSA) is 80.1 Å². The molecule has 0 amide bonds. The molecule has 2 rings (SSSR count). The Balaban J connectivity index is 2.39. The van der Waals surface area contributed by atoms with Crippen molar-refractivity contribution in [3.63, 3.8) is 0 Å². The Morgan fingerprint density at radius 1 is 1.14 bits per heavy atom. The molecular formula is C14H15BrN4O2. The lowest BCUT2D eigenvalue weighted by Gasteiger charge is -2.11. The fraction of sp³-hybridized carbons (Fsp3) is 0.214. The Kier molecular flexibility index (Phi) is 4.42. The average molecular weight is 351 g/mol. The molecule has 21 heavy (non-hydrogen) atoms. The zero-order valence-corrected chi connectivity index (χ0v) is 13.5. The Morgan fingerprint density at radius 3 is 2.24 bits per heavy atom. The molecule has 0 spiro atoms. The first-order valence-corrected chi connectivity index (χ1v) is 7.08. The summed E-state index contributed by atoms with van der Waals surface area (Å²) in [6.07, 6.45) is 0. The van der Waals surface area contributed by atoms with Gasteiger partial charge in [-0.2, -0.15) is 0 Å². The third kappa shape index (κ3) is 3.49. The highest BCUT2D eigenvalue weighted by atomic mass is 79.9. The van der Waals surface area contributed by atoms with Crippen LogP contribution in [-0.4, -0.2) is 17.0 Å². The second-order valence-corrected chi connectivity index (χ2v) is 5.44. The molecule has 0 aliphatic rings. The molecule has 6 nitrogen and oxygen atoms in total. The van der Waals surface area contributed by atoms with E-state index in [1.54, 1.807) is 7.05 Å². The van der Waals surface area contributed by atoms with Gasteiger partial charge < -0.3 is 10.6 Å². The number of nitrogens with one attached hydrogen (secondary N) is 2. The Labute approximate surface area is 130 Å². The third-order valence-corrected chi connectivity index (χ3v) is 4.24. The Morgan fingerprint density at radius 2 is 1.71 bits per heavy atom. The van der Waals surface area contributed by atoms with Crippen LogP contribution in [0.4, 0.5) is 23.0 Å². The number of anilines is 3. The van der Waals surface area contributed by atoms with E-state index in [0.717, 1.165) is 21.3 Å². The van der Waals surface area contributed by atoms with Crippen molar-refractivity contribution >= 4 is 38.9 Å². The summed E-state index contributed by atoms with van der Waals surface area (Å²) in [5.41, 5.74) is 2.99. The first-order valence-electron chi connectivity index (χ1n) is 6.28. The van der Waals surface area contributed by atoms with Gasteiger partial charge in [-0.05, 0) is 37.1 Å². The number of hydrogen-bond acceptors (Lipinski definition) is 5. The molecule has 0 radical (unpaired) electrons. The zero-order valence-electron chi connectivity index (χ0n) is 11.9. The second-order valence-electron chi connectivity index (χ2n) is 4.65. The van der Waals surface area contributed by atoms with Crippen LogP contribution < -0.4 is 10.6 Å². The van der Waals surface area contributed by atoms with Crippen LogP contribution in [0.25, 0.3) is 0 Å². The molecule has 1 aromatic carbocycles. The van der Waals surface area contributed by atoms with Gasteiger partial charge in [0.2, 0.25) is 0 Å². The van der Waals surface area contributed by atoms with E-state index >= 15 is 0 Å². The number of aromatic nitrogens is 1. The van der Waals surface area contributed by atoms with Crippen LogP contribution in [0.5, 0.6) is 0 Å². The van der Waals surface area contributed by atoms with E-state index < -0.39 is 4.92 Å². The van der Waals surface area contributed by atoms with Crippen LogP contribution in [0.3, 0.4) is 0 Å². The Hall–Kier alpha value is -2.15. The fourth-order valence-corrected chi connectivity index (χ4v) is 2.21. The molecule has 0 atom stereocenters. The second kappa shape index (κ2) is 6.09. The van der Waals surface area contributed by atoms with Crippen molar-refractivity contribution < 1.29 is 4.92 Å². The quantitative estimate of drug-likeness (QED) is 0.639. The van der Waals surface area contributed by atoms with Gasteiger partial charge in [0.15, 0.2) is 0 Å². The molecule has 1 aromatic heterocycles. The van der Waals surface area contributed by atoms with Crippen LogP contribution >= 0.6 is 15.9 Å². The summed E-state index contributed by atoms with van der Waals surface area (Å²) in [5, 5.41) is 16.9. The predicted octanol–water partition coefficient (Wildman–Crippen LogP) is 4.15. The molecule has 0 bridgehead atoms. The molecule has 0 unspecified atom stereocenters. The number of pyridine rings is 1. The van der Waals surface area contributed by atoms with Gasteiger partial charge in [0.25, 0.3) is 5.69 Å². The zero-order chi connectivity index (χ0) is 15.6. The van der Waals surface area contributed by atoms with Gasteiger partial charge in [-0.25, -0.2) is 4.98 Å². The molecule has 0 aliphatic carbocycles. The van der Waals surface area contributed by atoms with Crippen molar-refractivity contribution in [2.75, 3.05) is 17.7 Å². The van der Waals surface area contributed by atoms with E-state index in [1.807, 2.05) is 26.0 Å². The highest BCUT2D eigenvalue weighted by Gasteiger charge is 2.11. The first-order chi connectivity index (χ1) is 9.90. The molecule has 1 heterocycles. The summed E-state index contributed by atoms with van der Waals surface area (Å²) in [6.45, 7) is 3.98. The highest BCUT2D eigenvalue weighted by Crippen LogP contribution is 2.28. The highest BCUT2D eigenvalue weighted by molar-refractivity contribution is 9.10. The van der Waals surface area contributed by atoms with Crippen molar-refractivity contribution in [3.05, 3.63) is 50.0 Å². The van der Waals surface area contributed by atoms with Crippen LogP contribution in [0.1, 0.15) is 11.1 Å². The van der Waals surface area contributed by atoms with Crippen LogP contribution in [0.2, 0.25) is 0 Å². The minimum absolute atomic E-state index is 0.0117. The van der Waals surface area contributed by atoms with E-state index in [4.69, 9.17) is 0 Å². The maximum Gasteiger partial charge on any atom is 0.276 e. The lowest BCUT2D eigenvalue weighted by Crippen LogP contribution is -2.01. The van der Waals surface area contributed by atoms with E-state index in [1.165, 1.54) is 12.1 Å². The molecule has 0 saturated carbocycles. The molecule has 2 N–H and O–H groups in total. The van der Waals surface area contributed by atoms with Crippen LogP contribution in [-0.2, 0) is 0 Å². The van der Waals surface area contributed by atoms with Crippen LogP contribution in [0, 0.1) is 24.0 Å². The van der Waals surface area contributed by atoms with Gasteiger partial charge in [0.05, 0.1) is 17.1 Å². The predicted molar refractivity (Wildman–Crippen MR) is 87.3 cm³/mol. The third-order valence-electron chi connectivity index (χ3n) is 2.99. The minimum Gasteiger partial charge on any atom is -0.373 e. The van der Waals surface area contributed by atoms with E-state index in [-0.39, 0.29) is 5.69 Å². The summed E-state index contributed by atoms with van der Waals surface area (Å²) >= 11 is 3.51. The summed E-state index contributed by atoms with van der Waals surface area (Å²) in [7, 11) is 1.67. The van der Waals surface area contributed by atoms with Gasteiger partial charge in [-0.15, -0.1) is 0 Å². The largest absolute Gasteiger partial charge is 0.373 e. The summed E-state index contributed by atoms with van der Waals surface area (Å²) in [6, 6.07) is 6.71. The van der Waals surface area contributed by atoms with E-state index in [9.17, 15) is 10.1 Å². The Bertz CT molecular complexity index is 680. The number of rotatable bonds is 4. The number of nitrogens with zero attached hydrogens (tertiary/aromatic N) is 2. The molecule has 0 saturated heterocycles. The lowest BCUT2D eigenvalue weighted by atomic mass is 10.1. The van der Waals surface area contributed by atoms with Gasteiger partial charge >= 0.3 is 0 Å². The summed E-state index contributed by atoms with van der Waals surface area (Å²) < 4.78 is 1.05. The number of nitro groups is 1. The van der Waals surface area contributed by atoms with Crippen LogP contribution in [0.15, 0.2) is 28.7 Å². The lowest BCUT2D eigenvalue weighted by molar-refractivity contribution is -0.384. The molecular weight excluding hydrogens is 336 g/mol. The molecule has 0 fully saturated rings. The number of aryl methyl sites for hydroxylation is 2. The summed E-state index contributed by atoms with van der Waals surface area (Å²) in [4.78, 5) is 14.8. The number of halogens is 1.